The number of carbonyl (C=O) groups is 3. The molecule has 0 aromatic heterocycles. The first-order valence-corrected chi connectivity index (χ1v) is 12.6. The van der Waals surface area contributed by atoms with Gasteiger partial charge in [-0.1, -0.05) is 0 Å². The summed E-state index contributed by atoms with van der Waals surface area (Å²) in [7, 11) is 0. The molecular weight excluding hydrogens is 542 g/mol. The third-order valence-electron chi connectivity index (χ3n) is 6.28. The van der Waals surface area contributed by atoms with Crippen molar-refractivity contribution in [3.63, 3.8) is 0 Å². The van der Waals surface area contributed by atoms with E-state index < -0.39 is 11.9 Å². The first-order valence-electron chi connectivity index (χ1n) is 11.0. The molecule has 0 fully saturated rings. The number of rotatable bonds is 6. The van der Waals surface area contributed by atoms with Crippen LogP contribution < -0.4 is 4.74 Å². The molecule has 170 valence electrons. The maximum atomic E-state index is 13.2. The van der Waals surface area contributed by atoms with Crippen LogP contribution in [0.2, 0.25) is 0 Å². The van der Waals surface area contributed by atoms with Crippen LogP contribution >= 0.6 is 31.9 Å². The molecule has 0 bridgehead atoms. The quantitative estimate of drug-likeness (QED) is 0.489. The molecule has 0 unspecified atom stereocenters. The van der Waals surface area contributed by atoms with E-state index in [2.05, 4.69) is 31.9 Å². The minimum absolute atomic E-state index is 0.0409. The number of benzene rings is 1. The molecule has 0 saturated carbocycles. The van der Waals surface area contributed by atoms with Crippen LogP contribution in [-0.2, 0) is 14.4 Å². The Kier molecular flexibility index (Phi) is 6.91. The summed E-state index contributed by atoms with van der Waals surface area (Å²) < 4.78 is 7.24. The number of halogens is 2. The molecule has 0 amide bonds. The molecule has 6 nitrogen and oxygen atoms in total. The Balaban J connectivity index is 1.91. The SMILES string of the molecule is CCOc1c(Br)cc(C2C3=C(CCCC3=O)N(CCC(=O)O)C3=C2C(=O)CCC3)cc1Br. The van der Waals surface area contributed by atoms with Crippen molar-refractivity contribution in [1.29, 1.82) is 0 Å². The van der Waals surface area contributed by atoms with Crippen LogP contribution in [0.5, 0.6) is 5.75 Å². The second-order valence-corrected chi connectivity index (χ2v) is 9.96. The highest BCUT2D eigenvalue weighted by atomic mass is 79.9. The lowest BCUT2D eigenvalue weighted by Crippen LogP contribution is -2.39. The van der Waals surface area contributed by atoms with Gasteiger partial charge in [-0.2, -0.15) is 0 Å². The van der Waals surface area contributed by atoms with E-state index in [1.54, 1.807) is 0 Å². The molecule has 1 heterocycles. The first-order chi connectivity index (χ1) is 15.3. The van der Waals surface area contributed by atoms with Crippen LogP contribution in [-0.4, -0.2) is 40.7 Å². The number of aliphatic carboxylic acids is 1. The number of carboxylic acid groups (broad SMARTS) is 1. The van der Waals surface area contributed by atoms with Gasteiger partial charge in [0.25, 0.3) is 0 Å². The molecule has 2 aliphatic carbocycles. The van der Waals surface area contributed by atoms with Gasteiger partial charge >= 0.3 is 5.97 Å². The number of nitrogens with zero attached hydrogens (tertiary/aromatic N) is 1. The molecule has 8 heteroatoms. The summed E-state index contributed by atoms with van der Waals surface area (Å²) in [6, 6.07) is 3.87. The monoisotopic (exact) mass is 565 g/mol. The van der Waals surface area contributed by atoms with Crippen LogP contribution in [0.4, 0.5) is 0 Å². The first kappa shape index (κ1) is 23.2. The summed E-state index contributed by atoms with van der Waals surface area (Å²) in [4.78, 5) is 39.8. The highest BCUT2D eigenvalue weighted by Crippen LogP contribution is 2.50. The highest BCUT2D eigenvalue weighted by molar-refractivity contribution is 9.11. The number of Topliss-reactive ketones (excluding diaryl/α,β-unsaturated/α-hetero) is 2. The Hall–Kier alpha value is -1.93. The highest BCUT2D eigenvalue weighted by Gasteiger charge is 2.43. The van der Waals surface area contributed by atoms with Crippen molar-refractivity contribution in [2.75, 3.05) is 13.2 Å². The number of allylic oxidation sites excluding steroid dienone is 4. The Labute approximate surface area is 203 Å². The van der Waals surface area contributed by atoms with Crippen LogP contribution in [0.25, 0.3) is 0 Å². The van der Waals surface area contributed by atoms with Crippen molar-refractivity contribution in [2.24, 2.45) is 0 Å². The van der Waals surface area contributed by atoms with Gasteiger partial charge in [-0.25, -0.2) is 0 Å². The summed E-state index contributed by atoms with van der Waals surface area (Å²) in [5.74, 6) is -0.557. The maximum Gasteiger partial charge on any atom is 0.305 e. The zero-order valence-corrected chi connectivity index (χ0v) is 21.1. The lowest BCUT2D eigenvalue weighted by atomic mass is 9.71. The van der Waals surface area contributed by atoms with Crippen LogP contribution in [0.15, 0.2) is 43.6 Å². The summed E-state index contributed by atoms with van der Waals surface area (Å²) in [5, 5.41) is 9.29. The summed E-state index contributed by atoms with van der Waals surface area (Å²) in [6.07, 6.45) is 3.74. The fraction of sp³-hybridized carbons (Fsp3) is 0.458. The van der Waals surface area contributed by atoms with Gasteiger partial charge in [-0.3, -0.25) is 14.4 Å². The second kappa shape index (κ2) is 9.51. The zero-order chi connectivity index (χ0) is 23.0. The Morgan fingerprint density at radius 3 is 2.03 bits per heavy atom. The number of ether oxygens (including phenoxy) is 1. The molecule has 1 aromatic rings. The minimum atomic E-state index is -0.889. The lowest BCUT2D eigenvalue weighted by molar-refractivity contribution is -0.137. The standard InChI is InChI=1S/C24H25Br2NO5/c1-2-32-24-14(25)11-13(12-15(24)26)21-22-16(5-3-7-18(22)28)27(10-9-20(30)31)17-6-4-8-19(29)23(17)21/h11-12,21H,2-10H2,1H3,(H,30,31). The van der Waals surface area contributed by atoms with E-state index >= 15 is 0 Å². The summed E-state index contributed by atoms with van der Waals surface area (Å²) in [6.45, 7) is 2.70. The third-order valence-corrected chi connectivity index (χ3v) is 7.46. The molecule has 0 spiro atoms. The molecule has 0 saturated heterocycles. The van der Waals surface area contributed by atoms with Gasteiger partial charge in [-0.15, -0.1) is 0 Å². The molecule has 1 N–H and O–H groups in total. The van der Waals surface area contributed by atoms with E-state index in [0.717, 1.165) is 38.7 Å². The number of hydrogen-bond donors (Lipinski definition) is 1. The summed E-state index contributed by atoms with van der Waals surface area (Å²) >= 11 is 7.18. The average Bonchev–Trinajstić information content (AvgIpc) is 2.74. The lowest BCUT2D eigenvalue weighted by Gasteiger charge is -2.44. The number of carboxylic acids is 1. The molecule has 1 aliphatic heterocycles. The normalized spacial score (nSPS) is 19.3. The molecule has 3 aliphatic rings. The second-order valence-electron chi connectivity index (χ2n) is 8.25. The summed E-state index contributed by atoms with van der Waals surface area (Å²) in [5.41, 5.74) is 3.94. The van der Waals surface area contributed by atoms with Crippen molar-refractivity contribution in [3.05, 3.63) is 49.2 Å². The van der Waals surface area contributed by atoms with Crippen LogP contribution in [0.3, 0.4) is 0 Å². The predicted octanol–water partition coefficient (Wildman–Crippen LogP) is 5.50. The van der Waals surface area contributed by atoms with E-state index in [0.29, 0.717) is 49.2 Å². The van der Waals surface area contributed by atoms with Gasteiger partial charge in [0.2, 0.25) is 0 Å². The van der Waals surface area contributed by atoms with Gasteiger partial charge in [0, 0.05) is 47.8 Å². The molecule has 32 heavy (non-hydrogen) atoms. The van der Waals surface area contributed by atoms with Gasteiger partial charge in [0.15, 0.2) is 11.6 Å². The Morgan fingerprint density at radius 2 is 1.56 bits per heavy atom. The van der Waals surface area contributed by atoms with E-state index in [-0.39, 0.29) is 24.5 Å². The predicted molar refractivity (Wildman–Crippen MR) is 126 cm³/mol. The van der Waals surface area contributed by atoms with Crippen molar-refractivity contribution in [2.45, 2.75) is 57.8 Å². The Morgan fingerprint density at radius 1 is 1.03 bits per heavy atom. The van der Waals surface area contributed by atoms with Crippen molar-refractivity contribution in [3.8, 4) is 5.75 Å². The van der Waals surface area contributed by atoms with Crippen molar-refractivity contribution in [1.82, 2.24) is 4.90 Å². The number of ketones is 2. The van der Waals surface area contributed by atoms with E-state index in [9.17, 15) is 19.5 Å². The fourth-order valence-corrected chi connectivity index (χ4v) is 6.51. The minimum Gasteiger partial charge on any atom is -0.492 e. The van der Waals surface area contributed by atoms with Crippen molar-refractivity contribution < 1.29 is 24.2 Å². The molecule has 4 rings (SSSR count). The molecule has 1 aromatic carbocycles. The van der Waals surface area contributed by atoms with E-state index in [1.807, 2.05) is 24.0 Å². The van der Waals surface area contributed by atoms with Gasteiger partial charge in [0.05, 0.1) is 22.0 Å². The Bertz CT molecular complexity index is 991. The van der Waals surface area contributed by atoms with E-state index in [4.69, 9.17) is 4.74 Å². The largest absolute Gasteiger partial charge is 0.492 e. The third kappa shape index (κ3) is 4.19. The van der Waals surface area contributed by atoms with Crippen LogP contribution in [0, 0.1) is 0 Å². The van der Waals surface area contributed by atoms with E-state index in [1.165, 1.54) is 0 Å². The van der Waals surface area contributed by atoms with Crippen LogP contribution in [0.1, 0.15) is 63.4 Å². The zero-order valence-electron chi connectivity index (χ0n) is 17.9. The number of carbonyl (C=O) groups excluding carboxylic acids is 2. The fourth-order valence-electron chi connectivity index (χ4n) is 5.06. The average molecular weight is 567 g/mol. The van der Waals surface area contributed by atoms with Crippen molar-refractivity contribution >= 4 is 49.4 Å². The molecule has 0 atom stereocenters. The smallest absolute Gasteiger partial charge is 0.305 e. The van der Waals surface area contributed by atoms with Gasteiger partial charge in [0.1, 0.15) is 5.75 Å². The molecular formula is C24H25Br2NO5. The topological polar surface area (TPSA) is 83.9 Å². The van der Waals surface area contributed by atoms with Gasteiger partial charge < -0.3 is 14.7 Å². The maximum absolute atomic E-state index is 13.2. The molecule has 0 radical (unpaired) electrons. The van der Waals surface area contributed by atoms with Gasteiger partial charge in [-0.05, 0) is 82.2 Å². The number of hydrogen-bond acceptors (Lipinski definition) is 5.